The van der Waals surface area contributed by atoms with Gasteiger partial charge in [-0.1, -0.05) is 24.3 Å². The van der Waals surface area contributed by atoms with Crippen molar-refractivity contribution in [3.05, 3.63) is 35.4 Å². The lowest BCUT2D eigenvalue weighted by Gasteiger charge is -2.28. The molecule has 2 aliphatic rings. The summed E-state index contributed by atoms with van der Waals surface area (Å²) in [5.74, 6) is 0. The monoisotopic (exact) mass is 217 g/mol. The minimum atomic E-state index is -0.133. The van der Waals surface area contributed by atoms with Gasteiger partial charge in [0, 0.05) is 12.1 Å². The Hall–Kier alpha value is -0.860. The summed E-state index contributed by atoms with van der Waals surface area (Å²) < 4.78 is 5.72. The van der Waals surface area contributed by atoms with Gasteiger partial charge in [0.1, 0.15) is 0 Å². The van der Waals surface area contributed by atoms with Gasteiger partial charge in [0.05, 0.1) is 6.10 Å². The molecular formula is C14H19NO. The van der Waals surface area contributed by atoms with Crippen LogP contribution in [0.3, 0.4) is 0 Å². The van der Waals surface area contributed by atoms with Gasteiger partial charge >= 0.3 is 0 Å². The van der Waals surface area contributed by atoms with Crippen LogP contribution in [0.5, 0.6) is 0 Å². The minimum Gasteiger partial charge on any atom is -0.378 e. The fourth-order valence-corrected chi connectivity index (χ4v) is 3.14. The zero-order valence-corrected chi connectivity index (χ0v) is 9.61. The lowest BCUT2D eigenvalue weighted by atomic mass is 9.86. The van der Waals surface area contributed by atoms with E-state index >= 15 is 0 Å². The van der Waals surface area contributed by atoms with Gasteiger partial charge in [0.2, 0.25) is 0 Å². The first-order valence-electron chi connectivity index (χ1n) is 6.27. The molecule has 1 heterocycles. The molecule has 0 spiro atoms. The average molecular weight is 217 g/mol. The van der Waals surface area contributed by atoms with Gasteiger partial charge in [-0.3, -0.25) is 0 Å². The molecule has 1 aliphatic carbocycles. The topological polar surface area (TPSA) is 35.2 Å². The standard InChI is InChI=1S/C14H19NO/c15-14(10-12-5-3-9-16-12)8-7-11-4-1-2-6-13(11)14/h1-2,4,6,12H,3,5,7-10,15H2. The average Bonchev–Trinajstić information content (AvgIpc) is 2.89. The third-order valence-electron chi connectivity index (χ3n) is 4.01. The number of ether oxygens (including phenoxy) is 1. The van der Waals surface area contributed by atoms with Crippen LogP contribution in [0.2, 0.25) is 0 Å². The van der Waals surface area contributed by atoms with E-state index in [9.17, 15) is 0 Å². The van der Waals surface area contributed by atoms with E-state index in [1.165, 1.54) is 24.0 Å². The largest absolute Gasteiger partial charge is 0.378 e. The van der Waals surface area contributed by atoms with Crippen molar-refractivity contribution in [1.82, 2.24) is 0 Å². The number of rotatable bonds is 2. The van der Waals surface area contributed by atoms with Crippen LogP contribution in [-0.4, -0.2) is 12.7 Å². The van der Waals surface area contributed by atoms with Crippen molar-refractivity contribution in [2.75, 3.05) is 6.61 Å². The molecule has 0 aromatic heterocycles. The Labute approximate surface area is 96.8 Å². The third-order valence-corrected chi connectivity index (χ3v) is 4.01. The highest BCUT2D eigenvalue weighted by atomic mass is 16.5. The fourth-order valence-electron chi connectivity index (χ4n) is 3.14. The van der Waals surface area contributed by atoms with Crippen LogP contribution in [0.4, 0.5) is 0 Å². The second-order valence-electron chi connectivity index (χ2n) is 5.15. The van der Waals surface area contributed by atoms with E-state index in [0.29, 0.717) is 6.10 Å². The van der Waals surface area contributed by atoms with Crippen LogP contribution in [0.25, 0.3) is 0 Å². The quantitative estimate of drug-likeness (QED) is 0.825. The predicted molar refractivity (Wildman–Crippen MR) is 64.2 cm³/mol. The maximum Gasteiger partial charge on any atom is 0.0596 e. The maximum absolute atomic E-state index is 6.57. The van der Waals surface area contributed by atoms with Gasteiger partial charge in [0.25, 0.3) is 0 Å². The number of hydrogen-bond acceptors (Lipinski definition) is 2. The highest BCUT2D eigenvalue weighted by Crippen LogP contribution is 2.39. The maximum atomic E-state index is 6.57. The molecule has 2 N–H and O–H groups in total. The van der Waals surface area contributed by atoms with Crippen molar-refractivity contribution >= 4 is 0 Å². The molecule has 0 amide bonds. The van der Waals surface area contributed by atoms with Gasteiger partial charge < -0.3 is 10.5 Å². The van der Waals surface area contributed by atoms with E-state index in [-0.39, 0.29) is 5.54 Å². The Morgan fingerprint density at radius 2 is 2.25 bits per heavy atom. The Morgan fingerprint density at radius 3 is 3.06 bits per heavy atom. The van der Waals surface area contributed by atoms with E-state index in [1.54, 1.807) is 0 Å². The number of nitrogens with two attached hydrogens (primary N) is 1. The second kappa shape index (κ2) is 3.86. The SMILES string of the molecule is NC1(CC2CCCO2)CCc2ccccc21. The smallest absolute Gasteiger partial charge is 0.0596 e. The summed E-state index contributed by atoms with van der Waals surface area (Å²) in [6.45, 7) is 0.919. The van der Waals surface area contributed by atoms with E-state index in [2.05, 4.69) is 24.3 Å². The van der Waals surface area contributed by atoms with Crippen LogP contribution < -0.4 is 5.73 Å². The second-order valence-corrected chi connectivity index (χ2v) is 5.15. The summed E-state index contributed by atoms with van der Waals surface area (Å²) in [7, 11) is 0. The third kappa shape index (κ3) is 1.66. The highest BCUT2D eigenvalue weighted by Gasteiger charge is 2.37. The molecule has 1 fully saturated rings. The van der Waals surface area contributed by atoms with Crippen molar-refractivity contribution in [2.45, 2.75) is 43.7 Å². The van der Waals surface area contributed by atoms with Gasteiger partial charge in [-0.05, 0) is 43.2 Å². The van der Waals surface area contributed by atoms with Crippen molar-refractivity contribution in [3.8, 4) is 0 Å². The van der Waals surface area contributed by atoms with Gasteiger partial charge in [-0.15, -0.1) is 0 Å². The van der Waals surface area contributed by atoms with Crippen molar-refractivity contribution < 1.29 is 4.74 Å². The van der Waals surface area contributed by atoms with E-state index < -0.39 is 0 Å². The Kier molecular flexibility index (Phi) is 2.49. The number of hydrogen-bond donors (Lipinski definition) is 1. The first kappa shape index (κ1) is 10.3. The molecule has 86 valence electrons. The summed E-state index contributed by atoms with van der Waals surface area (Å²) in [6, 6.07) is 8.61. The lowest BCUT2D eigenvalue weighted by molar-refractivity contribution is 0.0826. The molecule has 1 aliphatic heterocycles. The molecule has 1 aromatic carbocycles. The van der Waals surface area contributed by atoms with Crippen LogP contribution in [0, 0.1) is 0 Å². The van der Waals surface area contributed by atoms with Crippen LogP contribution >= 0.6 is 0 Å². The van der Waals surface area contributed by atoms with Gasteiger partial charge in [0.15, 0.2) is 0 Å². The molecule has 0 saturated carbocycles. The highest BCUT2D eigenvalue weighted by molar-refractivity contribution is 5.38. The summed E-state index contributed by atoms with van der Waals surface area (Å²) in [6.07, 6.45) is 5.95. The predicted octanol–water partition coefficient (Wildman–Crippen LogP) is 2.36. The number of aryl methyl sites for hydroxylation is 1. The molecule has 1 aromatic rings. The number of benzene rings is 1. The zero-order chi connectivity index (χ0) is 11.0. The molecule has 2 atom stereocenters. The van der Waals surface area contributed by atoms with Crippen molar-refractivity contribution in [1.29, 1.82) is 0 Å². The molecular weight excluding hydrogens is 198 g/mol. The summed E-state index contributed by atoms with van der Waals surface area (Å²) in [5, 5.41) is 0. The van der Waals surface area contributed by atoms with Gasteiger partial charge in [-0.2, -0.15) is 0 Å². The molecule has 16 heavy (non-hydrogen) atoms. The first-order valence-corrected chi connectivity index (χ1v) is 6.27. The van der Waals surface area contributed by atoms with Crippen LogP contribution in [-0.2, 0) is 16.7 Å². The van der Waals surface area contributed by atoms with Crippen molar-refractivity contribution in [3.63, 3.8) is 0 Å². The van der Waals surface area contributed by atoms with E-state index in [1.807, 2.05) is 0 Å². The molecule has 3 rings (SSSR count). The Morgan fingerprint density at radius 1 is 1.38 bits per heavy atom. The summed E-state index contributed by atoms with van der Waals surface area (Å²) in [5.41, 5.74) is 9.22. The van der Waals surface area contributed by atoms with Crippen LogP contribution in [0.1, 0.15) is 36.8 Å². The molecule has 0 bridgehead atoms. The minimum absolute atomic E-state index is 0.133. The summed E-state index contributed by atoms with van der Waals surface area (Å²) >= 11 is 0. The molecule has 0 radical (unpaired) electrons. The van der Waals surface area contributed by atoms with Crippen LogP contribution in [0.15, 0.2) is 24.3 Å². The van der Waals surface area contributed by atoms with E-state index in [4.69, 9.17) is 10.5 Å². The molecule has 2 nitrogen and oxygen atoms in total. The number of fused-ring (bicyclic) bond motifs is 1. The van der Waals surface area contributed by atoms with Crippen molar-refractivity contribution in [2.24, 2.45) is 5.73 Å². The first-order chi connectivity index (χ1) is 7.78. The molecule has 2 heteroatoms. The Bertz CT molecular complexity index is 384. The fraction of sp³-hybridized carbons (Fsp3) is 0.571. The molecule has 2 unspecified atom stereocenters. The molecule has 1 saturated heterocycles. The van der Waals surface area contributed by atoms with E-state index in [0.717, 1.165) is 25.9 Å². The Balaban J connectivity index is 1.83. The van der Waals surface area contributed by atoms with Gasteiger partial charge in [-0.25, -0.2) is 0 Å². The zero-order valence-electron chi connectivity index (χ0n) is 9.61. The normalized spacial score (nSPS) is 32.9. The lowest BCUT2D eigenvalue weighted by Crippen LogP contribution is -2.37. The summed E-state index contributed by atoms with van der Waals surface area (Å²) in [4.78, 5) is 0.